The number of amides is 2. The van der Waals surface area contributed by atoms with Crippen molar-refractivity contribution in [3.63, 3.8) is 0 Å². The summed E-state index contributed by atoms with van der Waals surface area (Å²) in [5.74, 6) is -0.782. The van der Waals surface area contributed by atoms with Crippen LogP contribution < -0.4 is 10.6 Å². The van der Waals surface area contributed by atoms with Gasteiger partial charge in [-0.1, -0.05) is 18.2 Å². The number of carbonyl (C=O) groups is 2. The number of rotatable bonds is 4. The molecule has 0 bridgehead atoms. The van der Waals surface area contributed by atoms with Gasteiger partial charge in [0.15, 0.2) is 0 Å². The first-order chi connectivity index (χ1) is 14.5. The van der Waals surface area contributed by atoms with E-state index in [2.05, 4.69) is 9.97 Å². The van der Waals surface area contributed by atoms with Crippen molar-refractivity contribution in [1.29, 1.82) is 0 Å². The molecule has 30 heavy (non-hydrogen) atoms. The number of carbonyl (C=O) groups excluding carboxylic acids is 2. The number of fused-ring (bicyclic) bond motifs is 1. The quantitative estimate of drug-likeness (QED) is 0.457. The van der Waals surface area contributed by atoms with Crippen molar-refractivity contribution in [2.45, 2.75) is 19.8 Å². The van der Waals surface area contributed by atoms with E-state index in [4.69, 9.17) is 0 Å². The number of nitrogens with one attached hydrogen (secondary N) is 2. The van der Waals surface area contributed by atoms with Gasteiger partial charge in [0.1, 0.15) is 0 Å². The molecule has 1 aromatic heterocycles. The summed E-state index contributed by atoms with van der Waals surface area (Å²) in [5.41, 5.74) is 3.89. The van der Waals surface area contributed by atoms with E-state index in [1.54, 1.807) is 31.2 Å². The fourth-order valence-electron chi connectivity index (χ4n) is 4.28. The molecular weight excluding hydrogens is 382 g/mol. The molecular formula is C23H19N3O4. The minimum absolute atomic E-state index is 0.0809. The van der Waals surface area contributed by atoms with E-state index < -0.39 is 11.8 Å². The number of aromatic amines is 2. The minimum atomic E-state index is -0.391. The second kappa shape index (κ2) is 6.67. The van der Waals surface area contributed by atoms with Gasteiger partial charge in [0.05, 0.1) is 16.7 Å². The minimum Gasteiger partial charge on any atom is -0.396 e. The Labute approximate surface area is 171 Å². The largest absolute Gasteiger partial charge is 0.396 e. The fourth-order valence-corrected chi connectivity index (χ4v) is 4.28. The Morgan fingerprint density at radius 3 is 2.37 bits per heavy atom. The zero-order valence-corrected chi connectivity index (χ0v) is 16.3. The van der Waals surface area contributed by atoms with Crippen LogP contribution in [-0.2, 0) is 6.42 Å². The van der Waals surface area contributed by atoms with Gasteiger partial charge in [-0.05, 0) is 60.5 Å². The van der Waals surface area contributed by atoms with E-state index >= 15 is 0 Å². The number of aliphatic hydroxyl groups is 1. The van der Waals surface area contributed by atoms with Crippen LogP contribution in [0.2, 0.25) is 0 Å². The van der Waals surface area contributed by atoms with Gasteiger partial charge in [0.25, 0.3) is 11.8 Å². The molecule has 2 amide bonds. The normalized spacial score (nSPS) is 13.6. The lowest BCUT2D eigenvalue weighted by Crippen LogP contribution is -2.41. The van der Waals surface area contributed by atoms with Crippen LogP contribution in [0, 0.1) is 6.92 Å². The Bertz CT molecular complexity index is 1390. The topological polar surface area (TPSA) is 106 Å². The lowest BCUT2D eigenvalue weighted by Gasteiger charge is -2.29. The zero-order chi connectivity index (χ0) is 21.0. The molecule has 0 saturated carbocycles. The SMILES string of the molecule is Cc1cc2[nH]c(=O)[nH]c2cc1N1C(=O)c2cccc3c(CCCO)ccc(c23)C1=O. The van der Waals surface area contributed by atoms with Crippen LogP contribution in [0.1, 0.15) is 38.3 Å². The summed E-state index contributed by atoms with van der Waals surface area (Å²) in [6.07, 6.45) is 1.28. The highest BCUT2D eigenvalue weighted by Crippen LogP contribution is 2.36. The number of nitrogens with zero attached hydrogens (tertiary/aromatic N) is 1. The van der Waals surface area contributed by atoms with E-state index in [-0.39, 0.29) is 12.3 Å². The number of H-pyrrole nitrogens is 2. The number of aryl methyl sites for hydroxylation is 2. The highest BCUT2D eigenvalue weighted by atomic mass is 16.3. The molecule has 3 aromatic carbocycles. The van der Waals surface area contributed by atoms with Crippen LogP contribution in [0.25, 0.3) is 21.8 Å². The molecule has 0 saturated heterocycles. The summed E-state index contributed by atoms with van der Waals surface area (Å²) in [6.45, 7) is 1.88. The van der Waals surface area contributed by atoms with E-state index in [1.165, 1.54) is 4.90 Å². The highest BCUT2D eigenvalue weighted by Gasteiger charge is 2.35. The molecule has 2 heterocycles. The van der Waals surface area contributed by atoms with Gasteiger partial charge in [-0.2, -0.15) is 0 Å². The molecule has 1 aliphatic rings. The van der Waals surface area contributed by atoms with Crippen molar-refractivity contribution < 1.29 is 14.7 Å². The summed E-state index contributed by atoms with van der Waals surface area (Å²) in [5, 5.41) is 10.7. The second-order valence-electron chi connectivity index (χ2n) is 7.54. The zero-order valence-electron chi connectivity index (χ0n) is 16.3. The van der Waals surface area contributed by atoms with Crippen molar-refractivity contribution in [1.82, 2.24) is 9.97 Å². The van der Waals surface area contributed by atoms with Crippen LogP contribution in [-0.4, -0.2) is 33.5 Å². The van der Waals surface area contributed by atoms with Crippen LogP contribution in [0.3, 0.4) is 0 Å². The average Bonchev–Trinajstić information content (AvgIpc) is 3.09. The molecule has 4 aromatic rings. The van der Waals surface area contributed by atoms with Gasteiger partial charge >= 0.3 is 5.69 Å². The number of imide groups is 1. The number of aliphatic hydroxyl groups excluding tert-OH is 1. The Balaban J connectivity index is 1.71. The van der Waals surface area contributed by atoms with Gasteiger partial charge in [-0.25, -0.2) is 9.69 Å². The molecule has 0 aliphatic carbocycles. The number of imidazole rings is 1. The van der Waals surface area contributed by atoms with Gasteiger partial charge in [0.2, 0.25) is 0 Å². The number of benzene rings is 3. The first kappa shape index (κ1) is 18.3. The standard InChI is InChI=1S/C23H19N3O4/c1-12-10-17-18(25-23(30)24-17)11-19(12)26-21(28)15-6-2-5-14-13(4-3-9-27)7-8-16(20(14)15)22(26)29/h2,5-8,10-11,27H,3-4,9H2,1H3,(H2,24,25,30). The third-order valence-electron chi connectivity index (χ3n) is 5.68. The van der Waals surface area contributed by atoms with Crippen molar-refractivity contribution >= 4 is 39.3 Å². The maximum atomic E-state index is 13.4. The lowest BCUT2D eigenvalue weighted by atomic mass is 9.89. The lowest BCUT2D eigenvalue weighted by molar-refractivity contribution is 0.0893. The van der Waals surface area contributed by atoms with Gasteiger partial charge in [0, 0.05) is 23.1 Å². The Kier molecular flexibility index (Phi) is 4.08. The number of hydrogen-bond acceptors (Lipinski definition) is 4. The average molecular weight is 401 g/mol. The Morgan fingerprint density at radius 2 is 1.63 bits per heavy atom. The van der Waals surface area contributed by atoms with Crippen LogP contribution in [0.4, 0.5) is 5.69 Å². The molecule has 7 nitrogen and oxygen atoms in total. The van der Waals surface area contributed by atoms with Gasteiger partial charge in [-0.15, -0.1) is 0 Å². The summed E-state index contributed by atoms with van der Waals surface area (Å²) < 4.78 is 0. The molecule has 150 valence electrons. The third-order valence-corrected chi connectivity index (χ3v) is 5.68. The summed E-state index contributed by atoms with van der Waals surface area (Å²) in [4.78, 5) is 45.0. The van der Waals surface area contributed by atoms with Gasteiger partial charge < -0.3 is 15.1 Å². The molecule has 0 atom stereocenters. The van der Waals surface area contributed by atoms with Crippen molar-refractivity contribution in [2.24, 2.45) is 0 Å². The highest BCUT2D eigenvalue weighted by molar-refractivity contribution is 6.36. The predicted molar refractivity (Wildman–Crippen MR) is 114 cm³/mol. The first-order valence-electron chi connectivity index (χ1n) is 9.76. The van der Waals surface area contributed by atoms with E-state index in [9.17, 15) is 19.5 Å². The third kappa shape index (κ3) is 2.59. The van der Waals surface area contributed by atoms with E-state index in [1.807, 2.05) is 18.2 Å². The van der Waals surface area contributed by atoms with E-state index in [0.29, 0.717) is 51.6 Å². The molecule has 3 N–H and O–H groups in total. The van der Waals surface area contributed by atoms with Crippen LogP contribution >= 0.6 is 0 Å². The molecule has 1 aliphatic heterocycles. The molecule has 5 rings (SSSR count). The Hall–Kier alpha value is -3.71. The Morgan fingerprint density at radius 1 is 0.933 bits per heavy atom. The number of hydrogen-bond donors (Lipinski definition) is 3. The smallest absolute Gasteiger partial charge is 0.323 e. The molecule has 0 unspecified atom stereocenters. The van der Waals surface area contributed by atoms with Crippen LogP contribution in [0.15, 0.2) is 47.3 Å². The van der Waals surface area contributed by atoms with Crippen molar-refractivity contribution in [2.75, 3.05) is 11.5 Å². The number of aromatic nitrogens is 2. The maximum absolute atomic E-state index is 13.4. The predicted octanol–water partition coefficient (Wildman–Crippen LogP) is 3.04. The first-order valence-corrected chi connectivity index (χ1v) is 9.76. The summed E-state index contributed by atoms with van der Waals surface area (Å²) in [7, 11) is 0. The molecule has 7 heteroatoms. The van der Waals surface area contributed by atoms with Crippen LogP contribution in [0.5, 0.6) is 0 Å². The molecule has 0 fully saturated rings. The summed E-state index contributed by atoms with van der Waals surface area (Å²) in [6, 6.07) is 12.5. The van der Waals surface area contributed by atoms with Crippen molar-refractivity contribution in [3.8, 4) is 0 Å². The van der Waals surface area contributed by atoms with E-state index in [0.717, 1.165) is 10.9 Å². The number of anilines is 1. The maximum Gasteiger partial charge on any atom is 0.323 e. The van der Waals surface area contributed by atoms with Crippen molar-refractivity contribution in [3.05, 3.63) is 75.2 Å². The van der Waals surface area contributed by atoms with Gasteiger partial charge in [-0.3, -0.25) is 9.59 Å². The molecule has 0 spiro atoms. The fraction of sp³-hybridized carbons (Fsp3) is 0.174. The monoisotopic (exact) mass is 401 g/mol. The molecule has 0 radical (unpaired) electrons. The second-order valence-corrected chi connectivity index (χ2v) is 7.54. The summed E-state index contributed by atoms with van der Waals surface area (Å²) >= 11 is 0.